The highest BCUT2D eigenvalue weighted by atomic mass is 16.3. The smallest absolute Gasteiger partial charge is 0.127 e. The highest BCUT2D eigenvalue weighted by molar-refractivity contribution is 5.84. The van der Waals surface area contributed by atoms with E-state index in [1.54, 1.807) is 0 Å². The van der Waals surface area contributed by atoms with E-state index in [1.807, 2.05) is 31.3 Å². The van der Waals surface area contributed by atoms with Crippen LogP contribution in [0.2, 0.25) is 0 Å². The van der Waals surface area contributed by atoms with Crippen molar-refractivity contribution in [2.75, 3.05) is 0 Å². The van der Waals surface area contributed by atoms with Crippen LogP contribution in [-0.2, 0) is 0 Å². The molecule has 0 radical (unpaired) electrons. The van der Waals surface area contributed by atoms with E-state index in [0.29, 0.717) is 11.8 Å². The number of rotatable bonds is 2. The molecule has 86 valence electrons. The predicted octanol–water partition coefficient (Wildman–Crippen LogP) is 3.45. The van der Waals surface area contributed by atoms with Gasteiger partial charge >= 0.3 is 0 Å². The van der Waals surface area contributed by atoms with Crippen molar-refractivity contribution in [3.05, 3.63) is 29.3 Å². The molecule has 0 aromatic heterocycles. The molecule has 1 fully saturated rings. The van der Waals surface area contributed by atoms with E-state index in [0.717, 1.165) is 11.1 Å². The number of benzene rings is 1. The van der Waals surface area contributed by atoms with Gasteiger partial charge in [-0.15, -0.1) is 0 Å². The number of aryl methyl sites for hydroxylation is 1. The lowest BCUT2D eigenvalue weighted by atomic mass is 9.96. The first kappa shape index (κ1) is 11.2. The number of para-hydroxylation sites is 1. The van der Waals surface area contributed by atoms with Crippen LogP contribution in [0.15, 0.2) is 23.2 Å². The van der Waals surface area contributed by atoms with E-state index in [-0.39, 0.29) is 0 Å². The highest BCUT2D eigenvalue weighted by Gasteiger charge is 2.11. The molecule has 0 spiro atoms. The van der Waals surface area contributed by atoms with E-state index in [1.165, 1.54) is 32.1 Å². The van der Waals surface area contributed by atoms with Crippen LogP contribution in [0.1, 0.15) is 43.2 Å². The maximum atomic E-state index is 9.84. The Morgan fingerprint density at radius 2 is 2.00 bits per heavy atom. The average molecular weight is 217 g/mol. The lowest BCUT2D eigenvalue weighted by Crippen LogP contribution is -2.09. The average Bonchev–Trinajstić information content (AvgIpc) is 2.32. The number of nitrogens with zero attached hydrogens (tertiary/aromatic N) is 1. The molecule has 0 amide bonds. The van der Waals surface area contributed by atoms with E-state index < -0.39 is 0 Å². The van der Waals surface area contributed by atoms with Gasteiger partial charge in [0.15, 0.2) is 0 Å². The normalized spacial score (nSPS) is 18.1. The summed E-state index contributed by atoms with van der Waals surface area (Å²) in [7, 11) is 0. The van der Waals surface area contributed by atoms with Gasteiger partial charge in [0.25, 0.3) is 0 Å². The van der Waals surface area contributed by atoms with Gasteiger partial charge in [-0.3, -0.25) is 4.99 Å². The van der Waals surface area contributed by atoms with Gasteiger partial charge in [-0.1, -0.05) is 31.4 Å². The third-order valence-corrected chi connectivity index (χ3v) is 3.27. The summed E-state index contributed by atoms with van der Waals surface area (Å²) < 4.78 is 0. The maximum Gasteiger partial charge on any atom is 0.127 e. The van der Waals surface area contributed by atoms with Crippen LogP contribution in [0.4, 0.5) is 0 Å². The Balaban J connectivity index is 2.07. The maximum absolute atomic E-state index is 9.84. The zero-order valence-corrected chi connectivity index (χ0v) is 9.82. The van der Waals surface area contributed by atoms with Crippen molar-refractivity contribution in [3.63, 3.8) is 0 Å². The molecule has 1 aliphatic carbocycles. The van der Waals surface area contributed by atoms with Crippen molar-refractivity contribution >= 4 is 6.21 Å². The fourth-order valence-electron chi connectivity index (χ4n) is 2.20. The van der Waals surface area contributed by atoms with Gasteiger partial charge in [-0.2, -0.15) is 0 Å². The number of aromatic hydroxyl groups is 1. The summed E-state index contributed by atoms with van der Waals surface area (Å²) in [6.07, 6.45) is 8.16. The topological polar surface area (TPSA) is 32.6 Å². The Hall–Kier alpha value is -1.31. The lowest BCUT2D eigenvalue weighted by Gasteiger charge is -2.17. The van der Waals surface area contributed by atoms with Gasteiger partial charge in [-0.05, 0) is 31.4 Å². The molecule has 0 bridgehead atoms. The summed E-state index contributed by atoms with van der Waals surface area (Å²) in [5.41, 5.74) is 1.75. The van der Waals surface area contributed by atoms with Crippen LogP contribution in [0.3, 0.4) is 0 Å². The molecule has 2 nitrogen and oxygen atoms in total. The van der Waals surface area contributed by atoms with Crippen LogP contribution >= 0.6 is 0 Å². The number of hydrogen-bond acceptors (Lipinski definition) is 2. The number of aliphatic imine (C=N–C) groups is 1. The third kappa shape index (κ3) is 2.63. The fourth-order valence-corrected chi connectivity index (χ4v) is 2.20. The first-order valence-electron chi connectivity index (χ1n) is 6.09. The van der Waals surface area contributed by atoms with E-state index in [2.05, 4.69) is 4.99 Å². The molecule has 16 heavy (non-hydrogen) atoms. The Morgan fingerprint density at radius 1 is 1.25 bits per heavy atom. The Morgan fingerprint density at radius 3 is 2.75 bits per heavy atom. The molecule has 2 rings (SSSR count). The summed E-state index contributed by atoms with van der Waals surface area (Å²) in [5, 5.41) is 9.84. The molecule has 0 unspecified atom stereocenters. The summed E-state index contributed by atoms with van der Waals surface area (Å²) >= 11 is 0. The van der Waals surface area contributed by atoms with Crippen LogP contribution in [0.25, 0.3) is 0 Å². The highest BCUT2D eigenvalue weighted by Crippen LogP contribution is 2.22. The molecule has 1 saturated carbocycles. The first-order chi connectivity index (χ1) is 7.77. The van der Waals surface area contributed by atoms with Crippen molar-refractivity contribution in [1.29, 1.82) is 0 Å². The molecule has 1 aromatic rings. The largest absolute Gasteiger partial charge is 0.507 e. The molecular formula is C14H19NO. The van der Waals surface area contributed by atoms with Crippen molar-refractivity contribution in [1.82, 2.24) is 0 Å². The minimum Gasteiger partial charge on any atom is -0.507 e. The van der Waals surface area contributed by atoms with E-state index in [4.69, 9.17) is 0 Å². The monoisotopic (exact) mass is 217 g/mol. The zero-order chi connectivity index (χ0) is 11.4. The lowest BCUT2D eigenvalue weighted by molar-refractivity contribution is 0.444. The van der Waals surface area contributed by atoms with Gasteiger partial charge in [0.2, 0.25) is 0 Å². The quantitative estimate of drug-likeness (QED) is 0.756. The van der Waals surface area contributed by atoms with Gasteiger partial charge in [0.1, 0.15) is 5.75 Å². The fraction of sp³-hybridized carbons (Fsp3) is 0.500. The molecule has 0 atom stereocenters. The molecular weight excluding hydrogens is 198 g/mol. The van der Waals surface area contributed by atoms with Crippen LogP contribution in [-0.4, -0.2) is 17.4 Å². The van der Waals surface area contributed by atoms with Crippen LogP contribution < -0.4 is 0 Å². The van der Waals surface area contributed by atoms with Gasteiger partial charge in [0, 0.05) is 17.8 Å². The number of phenols is 1. The van der Waals surface area contributed by atoms with Gasteiger partial charge in [0.05, 0.1) is 0 Å². The molecule has 0 heterocycles. The van der Waals surface area contributed by atoms with Crippen molar-refractivity contribution < 1.29 is 5.11 Å². The number of hydrogen-bond donors (Lipinski definition) is 1. The standard InChI is InChI=1S/C14H19NO/c1-11-6-5-7-12(14(11)16)10-15-13-8-3-2-4-9-13/h5-7,10,13,16H,2-4,8-9H2,1H3. The molecule has 1 aromatic carbocycles. The van der Waals surface area contributed by atoms with Gasteiger partial charge < -0.3 is 5.11 Å². The van der Waals surface area contributed by atoms with Crippen molar-refractivity contribution in [2.24, 2.45) is 4.99 Å². The summed E-state index contributed by atoms with van der Waals surface area (Å²) in [4.78, 5) is 4.57. The zero-order valence-electron chi connectivity index (χ0n) is 9.82. The second-order valence-corrected chi connectivity index (χ2v) is 4.58. The predicted molar refractivity (Wildman–Crippen MR) is 67.3 cm³/mol. The Labute approximate surface area is 97.0 Å². The summed E-state index contributed by atoms with van der Waals surface area (Å²) in [6, 6.07) is 6.24. The van der Waals surface area contributed by atoms with Crippen molar-refractivity contribution in [3.8, 4) is 5.75 Å². The molecule has 1 N–H and O–H groups in total. The summed E-state index contributed by atoms with van der Waals surface area (Å²) in [6.45, 7) is 1.91. The van der Waals surface area contributed by atoms with Crippen molar-refractivity contribution in [2.45, 2.75) is 45.1 Å². The first-order valence-corrected chi connectivity index (χ1v) is 6.09. The van der Waals surface area contributed by atoms with Gasteiger partial charge in [-0.25, -0.2) is 0 Å². The SMILES string of the molecule is Cc1cccc(C=NC2CCCCC2)c1O. The minimum atomic E-state index is 0.363. The van der Waals surface area contributed by atoms with E-state index in [9.17, 15) is 5.11 Å². The molecule has 2 heteroatoms. The molecule has 1 aliphatic rings. The summed E-state index contributed by atoms with van der Waals surface area (Å²) in [5.74, 6) is 0.363. The third-order valence-electron chi connectivity index (χ3n) is 3.27. The second kappa shape index (κ2) is 5.15. The van der Waals surface area contributed by atoms with E-state index >= 15 is 0 Å². The Bertz CT molecular complexity index is 378. The molecule has 0 aliphatic heterocycles. The Kier molecular flexibility index (Phi) is 3.60. The second-order valence-electron chi connectivity index (χ2n) is 4.58. The number of phenolic OH excluding ortho intramolecular Hbond substituents is 1. The van der Waals surface area contributed by atoms with Crippen LogP contribution in [0, 0.1) is 6.92 Å². The minimum absolute atomic E-state index is 0.363. The molecule has 0 saturated heterocycles. The van der Waals surface area contributed by atoms with Crippen LogP contribution in [0.5, 0.6) is 5.75 Å².